The fraction of sp³-hybridized carbons (Fsp3) is 0.353. The normalized spacial score (nSPS) is 17.1. The minimum absolute atomic E-state index is 0.0145. The van der Waals surface area contributed by atoms with Crippen LogP contribution in [0, 0.1) is 0 Å². The molecule has 3 nitrogen and oxygen atoms in total. The smallest absolute Gasteiger partial charge is 0.226 e. The van der Waals surface area contributed by atoms with Crippen molar-refractivity contribution < 1.29 is 9.90 Å². The number of fused-ring (bicyclic) bond motifs is 1. The maximum atomic E-state index is 12.5. The van der Waals surface area contributed by atoms with Crippen molar-refractivity contribution in [2.45, 2.75) is 31.9 Å². The van der Waals surface area contributed by atoms with Crippen molar-refractivity contribution >= 4 is 17.2 Å². The Morgan fingerprint density at radius 1 is 1.33 bits per heavy atom. The van der Waals surface area contributed by atoms with Gasteiger partial charge in [0.15, 0.2) is 0 Å². The molecule has 1 atom stereocenters. The molecule has 110 valence electrons. The lowest BCUT2D eigenvalue weighted by Crippen LogP contribution is -2.39. The third-order valence-corrected chi connectivity index (χ3v) is 5.07. The Kier molecular flexibility index (Phi) is 3.83. The van der Waals surface area contributed by atoms with E-state index in [-0.39, 0.29) is 12.3 Å². The zero-order valence-corrected chi connectivity index (χ0v) is 12.9. The average Bonchev–Trinajstić information content (AvgIpc) is 2.95. The van der Waals surface area contributed by atoms with Gasteiger partial charge in [-0.15, -0.1) is 11.3 Å². The summed E-state index contributed by atoms with van der Waals surface area (Å²) in [6.07, 6.45) is 1.04. The highest BCUT2D eigenvalue weighted by Crippen LogP contribution is 2.28. The Balaban J connectivity index is 1.70. The van der Waals surface area contributed by atoms with Gasteiger partial charge in [-0.1, -0.05) is 30.3 Å². The summed E-state index contributed by atoms with van der Waals surface area (Å²) in [6, 6.07) is 11.5. The van der Waals surface area contributed by atoms with Crippen molar-refractivity contribution in [1.29, 1.82) is 0 Å². The van der Waals surface area contributed by atoms with E-state index in [2.05, 4.69) is 11.4 Å². The number of nitrogens with zero attached hydrogens (tertiary/aromatic N) is 1. The number of hydrogen-bond acceptors (Lipinski definition) is 3. The van der Waals surface area contributed by atoms with Gasteiger partial charge in [0, 0.05) is 18.0 Å². The predicted molar refractivity (Wildman–Crippen MR) is 84.1 cm³/mol. The second kappa shape index (κ2) is 5.62. The molecule has 2 heterocycles. The van der Waals surface area contributed by atoms with Crippen molar-refractivity contribution in [2.24, 2.45) is 0 Å². The van der Waals surface area contributed by atoms with Crippen molar-refractivity contribution in [2.75, 3.05) is 6.54 Å². The minimum atomic E-state index is -1.12. The topological polar surface area (TPSA) is 40.5 Å². The molecule has 0 spiro atoms. The summed E-state index contributed by atoms with van der Waals surface area (Å²) in [5, 5.41) is 12.7. The Hall–Kier alpha value is -1.65. The van der Waals surface area contributed by atoms with Crippen molar-refractivity contribution in [3.63, 3.8) is 0 Å². The molecule has 1 unspecified atom stereocenters. The van der Waals surface area contributed by atoms with Gasteiger partial charge in [-0.25, -0.2) is 0 Å². The highest BCUT2D eigenvalue weighted by molar-refractivity contribution is 7.10. The summed E-state index contributed by atoms with van der Waals surface area (Å²) in [4.78, 5) is 15.7. The Morgan fingerprint density at radius 3 is 2.86 bits per heavy atom. The lowest BCUT2D eigenvalue weighted by atomic mass is 9.91. The van der Waals surface area contributed by atoms with Crippen molar-refractivity contribution in [3.8, 4) is 0 Å². The highest BCUT2D eigenvalue weighted by Gasteiger charge is 2.30. The van der Waals surface area contributed by atoms with Crippen LogP contribution in [0.1, 0.15) is 29.3 Å². The van der Waals surface area contributed by atoms with Crippen LogP contribution in [-0.2, 0) is 23.4 Å². The summed E-state index contributed by atoms with van der Waals surface area (Å²) in [7, 11) is 0. The Morgan fingerprint density at radius 2 is 2.10 bits per heavy atom. The SMILES string of the molecule is CC(O)(CC(=O)N1CCc2sccc2C1)c1ccccc1. The molecule has 2 aromatic rings. The van der Waals surface area contributed by atoms with Gasteiger partial charge < -0.3 is 10.0 Å². The molecule has 3 rings (SSSR count). The van der Waals surface area contributed by atoms with Crippen molar-refractivity contribution in [3.05, 3.63) is 57.8 Å². The van der Waals surface area contributed by atoms with Gasteiger partial charge in [-0.2, -0.15) is 0 Å². The van der Waals surface area contributed by atoms with E-state index in [1.165, 1.54) is 10.4 Å². The molecule has 21 heavy (non-hydrogen) atoms. The molecular weight excluding hydrogens is 282 g/mol. The number of thiophene rings is 1. The van der Waals surface area contributed by atoms with Gasteiger partial charge in [0.05, 0.1) is 12.0 Å². The third-order valence-electron chi connectivity index (χ3n) is 4.05. The van der Waals surface area contributed by atoms with E-state index in [1.807, 2.05) is 35.2 Å². The van der Waals surface area contributed by atoms with E-state index in [0.717, 1.165) is 18.5 Å². The van der Waals surface area contributed by atoms with Gasteiger partial charge in [-0.05, 0) is 35.9 Å². The molecule has 1 aromatic heterocycles. The largest absolute Gasteiger partial charge is 0.385 e. The molecule has 1 amide bonds. The van der Waals surface area contributed by atoms with Crippen LogP contribution in [0.15, 0.2) is 41.8 Å². The van der Waals surface area contributed by atoms with E-state index in [0.29, 0.717) is 6.54 Å². The number of hydrogen-bond donors (Lipinski definition) is 1. The van der Waals surface area contributed by atoms with Crippen LogP contribution in [0.5, 0.6) is 0 Å². The van der Waals surface area contributed by atoms with Gasteiger partial charge in [-0.3, -0.25) is 4.79 Å². The maximum absolute atomic E-state index is 12.5. The molecule has 1 aliphatic heterocycles. The van der Waals surface area contributed by atoms with E-state index < -0.39 is 5.60 Å². The molecule has 1 aliphatic rings. The first-order valence-electron chi connectivity index (χ1n) is 7.17. The average molecular weight is 301 g/mol. The first kappa shape index (κ1) is 14.3. The van der Waals surface area contributed by atoms with E-state index in [4.69, 9.17) is 0 Å². The third kappa shape index (κ3) is 3.01. The first-order chi connectivity index (χ1) is 10.1. The highest BCUT2D eigenvalue weighted by atomic mass is 32.1. The van der Waals surface area contributed by atoms with Gasteiger partial charge >= 0.3 is 0 Å². The van der Waals surface area contributed by atoms with Gasteiger partial charge in [0.25, 0.3) is 0 Å². The summed E-state index contributed by atoms with van der Waals surface area (Å²) in [5.41, 5.74) is 0.915. The van der Waals surface area contributed by atoms with Crippen LogP contribution < -0.4 is 0 Å². The molecule has 0 fully saturated rings. The molecule has 0 bridgehead atoms. The summed E-state index contributed by atoms with van der Waals surface area (Å²) < 4.78 is 0. The second-order valence-electron chi connectivity index (χ2n) is 5.75. The van der Waals surface area contributed by atoms with Gasteiger partial charge in [0.2, 0.25) is 5.91 Å². The fourth-order valence-electron chi connectivity index (χ4n) is 2.77. The quantitative estimate of drug-likeness (QED) is 0.947. The number of carbonyl (C=O) groups is 1. The van der Waals surface area contributed by atoms with Crippen LogP contribution in [0.2, 0.25) is 0 Å². The number of rotatable bonds is 3. The number of carbonyl (C=O) groups excluding carboxylic acids is 1. The monoisotopic (exact) mass is 301 g/mol. The Labute approximate surface area is 128 Å². The second-order valence-corrected chi connectivity index (χ2v) is 6.75. The Bertz CT molecular complexity index is 633. The number of amides is 1. The summed E-state index contributed by atoms with van der Waals surface area (Å²) >= 11 is 1.76. The summed E-state index contributed by atoms with van der Waals surface area (Å²) in [6.45, 7) is 3.12. The van der Waals surface area contributed by atoms with Crippen LogP contribution in [0.3, 0.4) is 0 Å². The van der Waals surface area contributed by atoms with E-state index in [1.54, 1.807) is 18.3 Å². The molecule has 0 radical (unpaired) electrons. The molecule has 1 aromatic carbocycles. The zero-order valence-electron chi connectivity index (χ0n) is 12.1. The van der Waals surface area contributed by atoms with Crippen LogP contribution in [0.25, 0.3) is 0 Å². The van der Waals surface area contributed by atoms with Gasteiger partial charge in [0.1, 0.15) is 0 Å². The fourth-order valence-corrected chi connectivity index (χ4v) is 3.66. The molecule has 0 saturated heterocycles. The van der Waals surface area contributed by atoms with Crippen molar-refractivity contribution in [1.82, 2.24) is 4.90 Å². The predicted octanol–water partition coefficient (Wildman–Crippen LogP) is 2.93. The molecule has 0 aliphatic carbocycles. The number of benzene rings is 1. The molecule has 1 N–H and O–H groups in total. The standard InChI is InChI=1S/C17H19NO2S/c1-17(20,14-5-3-2-4-6-14)11-16(19)18-9-7-15-13(12-18)8-10-21-15/h2-6,8,10,20H,7,9,11-12H2,1H3. The van der Waals surface area contributed by atoms with Crippen LogP contribution >= 0.6 is 11.3 Å². The minimum Gasteiger partial charge on any atom is -0.385 e. The maximum Gasteiger partial charge on any atom is 0.226 e. The van der Waals surface area contributed by atoms with Crippen LogP contribution in [0.4, 0.5) is 0 Å². The first-order valence-corrected chi connectivity index (χ1v) is 8.05. The zero-order chi connectivity index (χ0) is 14.9. The van der Waals surface area contributed by atoms with Crippen LogP contribution in [-0.4, -0.2) is 22.5 Å². The number of aliphatic hydroxyl groups is 1. The molecular formula is C17H19NO2S. The van der Waals surface area contributed by atoms with E-state index >= 15 is 0 Å². The lowest BCUT2D eigenvalue weighted by molar-refractivity contribution is -0.137. The molecule has 4 heteroatoms. The summed E-state index contributed by atoms with van der Waals surface area (Å²) in [5.74, 6) is 0.0145. The van der Waals surface area contributed by atoms with E-state index in [9.17, 15) is 9.90 Å². The molecule has 0 saturated carbocycles. The lowest BCUT2D eigenvalue weighted by Gasteiger charge is -2.31.